The first-order chi connectivity index (χ1) is 17.1. The van der Waals surface area contributed by atoms with Crippen molar-refractivity contribution >= 4 is 35.1 Å². The van der Waals surface area contributed by atoms with Crippen LogP contribution >= 0.6 is 12.4 Å². The van der Waals surface area contributed by atoms with Crippen molar-refractivity contribution in [3.8, 4) is 0 Å². The lowest BCUT2D eigenvalue weighted by Gasteiger charge is -2.28. The molecule has 186 valence electrons. The Hall–Kier alpha value is -3.61. The first-order valence-electron chi connectivity index (χ1n) is 12.1. The molecule has 0 bridgehead atoms. The number of halogens is 1. The predicted octanol–water partition coefficient (Wildman–Crippen LogP) is 4.21. The third-order valence-corrected chi connectivity index (χ3v) is 6.79. The lowest BCUT2D eigenvalue weighted by molar-refractivity contribution is -0.130. The standard InChI is InChI=1S/C29H30N4O2.ClH/c1-19(20-9-3-2-4-10-20)32-29(35)27(16-23-18-30-25-14-8-7-13-24(23)25)33-28(34)26-15-21-11-5-6-12-22(21)17-31-26;/h2-14,18-19,26-27,30-31H,15-17H2,1H3,(H,32,35)(H,33,34);1H/t19?,26-,27-;/m0./s1. The minimum absolute atomic E-state index is 0. The molecule has 0 aliphatic carbocycles. The number of para-hydroxylation sites is 1. The maximum absolute atomic E-state index is 13.4. The van der Waals surface area contributed by atoms with Crippen molar-refractivity contribution in [1.82, 2.24) is 20.9 Å². The number of fused-ring (bicyclic) bond motifs is 2. The van der Waals surface area contributed by atoms with E-state index in [1.54, 1.807) is 0 Å². The third-order valence-electron chi connectivity index (χ3n) is 6.79. The molecule has 6 nitrogen and oxygen atoms in total. The second-order valence-corrected chi connectivity index (χ2v) is 9.17. The van der Waals surface area contributed by atoms with Crippen molar-refractivity contribution in [3.63, 3.8) is 0 Å². The lowest BCUT2D eigenvalue weighted by atomic mass is 9.95. The molecule has 0 radical (unpaired) electrons. The summed E-state index contributed by atoms with van der Waals surface area (Å²) < 4.78 is 0. The molecule has 1 aromatic heterocycles. The molecule has 0 saturated carbocycles. The van der Waals surface area contributed by atoms with Crippen molar-refractivity contribution in [1.29, 1.82) is 0 Å². The van der Waals surface area contributed by atoms with E-state index in [-0.39, 0.29) is 36.3 Å². The molecule has 2 amide bonds. The van der Waals surface area contributed by atoms with Gasteiger partial charge in [-0.1, -0.05) is 72.8 Å². The molecule has 5 rings (SSSR count). The molecule has 0 spiro atoms. The van der Waals surface area contributed by atoms with E-state index in [2.05, 4.69) is 33.1 Å². The zero-order valence-electron chi connectivity index (χ0n) is 20.2. The number of amides is 2. The summed E-state index contributed by atoms with van der Waals surface area (Å²) in [5.74, 6) is -0.358. The average molecular weight is 503 g/mol. The summed E-state index contributed by atoms with van der Waals surface area (Å²) in [7, 11) is 0. The largest absolute Gasteiger partial charge is 0.361 e. The highest BCUT2D eigenvalue weighted by molar-refractivity contribution is 5.91. The topological polar surface area (TPSA) is 86.0 Å². The zero-order valence-corrected chi connectivity index (χ0v) is 21.0. The SMILES string of the molecule is CC(NC(=O)[C@H](Cc1c[nH]c2ccccc12)NC(=O)[C@@H]1Cc2ccccc2CN1)c1ccccc1.Cl. The van der Waals surface area contributed by atoms with Crippen LogP contribution in [-0.2, 0) is 29.0 Å². The van der Waals surface area contributed by atoms with Gasteiger partial charge < -0.3 is 20.9 Å². The van der Waals surface area contributed by atoms with Gasteiger partial charge in [-0.25, -0.2) is 0 Å². The van der Waals surface area contributed by atoms with Crippen molar-refractivity contribution in [3.05, 3.63) is 107 Å². The molecule has 0 saturated heterocycles. The minimum Gasteiger partial charge on any atom is -0.361 e. The number of carbonyl (C=O) groups excluding carboxylic acids is 2. The van der Waals surface area contributed by atoms with Gasteiger partial charge >= 0.3 is 0 Å². The number of carbonyl (C=O) groups is 2. The first kappa shape index (κ1) is 25.5. The van der Waals surface area contributed by atoms with Crippen molar-refractivity contribution in [2.45, 2.75) is 44.4 Å². The van der Waals surface area contributed by atoms with Crippen LogP contribution in [0.25, 0.3) is 10.9 Å². The Kier molecular flexibility index (Phi) is 8.08. The molecule has 4 N–H and O–H groups in total. The fraction of sp³-hybridized carbons (Fsp3) is 0.241. The van der Waals surface area contributed by atoms with E-state index in [9.17, 15) is 9.59 Å². The van der Waals surface area contributed by atoms with Crippen molar-refractivity contribution in [2.75, 3.05) is 0 Å². The van der Waals surface area contributed by atoms with Gasteiger partial charge in [-0.05, 0) is 41.7 Å². The summed E-state index contributed by atoms with van der Waals surface area (Å²) in [5.41, 5.74) is 5.40. The highest BCUT2D eigenvalue weighted by Gasteiger charge is 2.29. The second-order valence-electron chi connectivity index (χ2n) is 9.17. The Morgan fingerprint density at radius 3 is 2.42 bits per heavy atom. The fourth-order valence-corrected chi connectivity index (χ4v) is 4.78. The molecular formula is C29H31ClN4O2. The van der Waals surface area contributed by atoms with E-state index in [0.29, 0.717) is 19.4 Å². The van der Waals surface area contributed by atoms with Gasteiger partial charge in [0.1, 0.15) is 6.04 Å². The van der Waals surface area contributed by atoms with Gasteiger partial charge in [0.25, 0.3) is 0 Å². The summed E-state index contributed by atoms with van der Waals surface area (Å²) in [6, 6.07) is 24.7. The summed E-state index contributed by atoms with van der Waals surface area (Å²) in [5, 5.41) is 10.5. The molecule has 7 heteroatoms. The number of nitrogens with one attached hydrogen (secondary N) is 4. The quantitative estimate of drug-likeness (QED) is 0.305. The van der Waals surface area contributed by atoms with E-state index in [0.717, 1.165) is 22.0 Å². The van der Waals surface area contributed by atoms with Crippen LogP contribution in [0.5, 0.6) is 0 Å². The number of hydrogen-bond acceptors (Lipinski definition) is 3. The van der Waals surface area contributed by atoms with Crippen LogP contribution in [0.15, 0.2) is 85.1 Å². The molecule has 1 unspecified atom stereocenters. The highest BCUT2D eigenvalue weighted by atomic mass is 35.5. The van der Waals surface area contributed by atoms with Gasteiger partial charge in [0.2, 0.25) is 11.8 Å². The molecular weight excluding hydrogens is 472 g/mol. The molecule has 1 aliphatic heterocycles. The van der Waals surface area contributed by atoms with Crippen LogP contribution < -0.4 is 16.0 Å². The monoisotopic (exact) mass is 502 g/mol. The van der Waals surface area contributed by atoms with Crippen LogP contribution in [0.4, 0.5) is 0 Å². The van der Waals surface area contributed by atoms with Gasteiger partial charge in [-0.3, -0.25) is 9.59 Å². The third kappa shape index (κ3) is 5.61. The smallest absolute Gasteiger partial charge is 0.243 e. The number of rotatable bonds is 7. The van der Waals surface area contributed by atoms with E-state index < -0.39 is 6.04 Å². The van der Waals surface area contributed by atoms with E-state index in [1.165, 1.54) is 11.1 Å². The molecule has 1 aliphatic rings. The van der Waals surface area contributed by atoms with Crippen LogP contribution in [0.1, 0.15) is 35.2 Å². The van der Waals surface area contributed by atoms with Gasteiger partial charge in [-0.15, -0.1) is 12.4 Å². The number of H-pyrrole nitrogens is 1. The number of benzene rings is 3. The molecule has 36 heavy (non-hydrogen) atoms. The summed E-state index contributed by atoms with van der Waals surface area (Å²) >= 11 is 0. The molecule has 3 atom stereocenters. The average Bonchev–Trinajstić information content (AvgIpc) is 3.31. The van der Waals surface area contributed by atoms with E-state index >= 15 is 0 Å². The second kappa shape index (κ2) is 11.4. The van der Waals surface area contributed by atoms with Crippen LogP contribution in [0.3, 0.4) is 0 Å². The van der Waals surface area contributed by atoms with Crippen molar-refractivity contribution in [2.24, 2.45) is 0 Å². The summed E-state index contributed by atoms with van der Waals surface area (Å²) in [6.07, 6.45) is 2.92. The maximum Gasteiger partial charge on any atom is 0.243 e. The normalized spacial score (nSPS) is 16.3. The Labute approximate surface area is 217 Å². The summed E-state index contributed by atoms with van der Waals surface area (Å²) in [6.45, 7) is 2.59. The molecule has 3 aromatic carbocycles. The van der Waals surface area contributed by atoms with Crippen LogP contribution in [0, 0.1) is 0 Å². The Balaban J connectivity index is 0.00000304. The van der Waals surface area contributed by atoms with E-state index in [4.69, 9.17) is 0 Å². The Morgan fingerprint density at radius 2 is 1.61 bits per heavy atom. The van der Waals surface area contributed by atoms with Gasteiger partial charge in [0, 0.05) is 30.1 Å². The van der Waals surface area contributed by atoms with Gasteiger partial charge in [-0.2, -0.15) is 0 Å². The number of hydrogen-bond donors (Lipinski definition) is 4. The first-order valence-corrected chi connectivity index (χ1v) is 12.1. The van der Waals surface area contributed by atoms with E-state index in [1.807, 2.05) is 79.9 Å². The minimum atomic E-state index is -0.702. The van der Waals surface area contributed by atoms with Crippen LogP contribution in [-0.4, -0.2) is 28.9 Å². The predicted molar refractivity (Wildman–Crippen MR) is 145 cm³/mol. The Morgan fingerprint density at radius 1 is 0.917 bits per heavy atom. The number of aromatic nitrogens is 1. The number of aromatic amines is 1. The molecule has 0 fully saturated rings. The summed E-state index contributed by atoms with van der Waals surface area (Å²) in [4.78, 5) is 30.0. The van der Waals surface area contributed by atoms with Crippen molar-refractivity contribution < 1.29 is 9.59 Å². The van der Waals surface area contributed by atoms with Gasteiger partial charge in [0.15, 0.2) is 0 Å². The van der Waals surface area contributed by atoms with Gasteiger partial charge in [0.05, 0.1) is 12.1 Å². The Bertz CT molecular complexity index is 1340. The zero-order chi connectivity index (χ0) is 24.2. The lowest BCUT2D eigenvalue weighted by Crippen LogP contribution is -2.55. The van der Waals surface area contributed by atoms with Crippen LogP contribution in [0.2, 0.25) is 0 Å². The fourth-order valence-electron chi connectivity index (χ4n) is 4.78. The maximum atomic E-state index is 13.4. The molecule has 4 aromatic rings. The highest BCUT2D eigenvalue weighted by Crippen LogP contribution is 2.21. The molecule has 2 heterocycles.